The van der Waals surface area contributed by atoms with E-state index in [9.17, 15) is 4.79 Å². The van der Waals surface area contributed by atoms with Gasteiger partial charge in [-0.2, -0.15) is 5.10 Å². The molecule has 1 aliphatic rings. The third-order valence-electron chi connectivity index (χ3n) is 5.66. The molecule has 2 aromatic carbocycles. The summed E-state index contributed by atoms with van der Waals surface area (Å²) in [6, 6.07) is 14.7. The van der Waals surface area contributed by atoms with Crippen LogP contribution in [0.4, 0.5) is 0 Å². The Bertz CT molecular complexity index is 945. The first-order chi connectivity index (χ1) is 13.1. The smallest absolute Gasteiger partial charge is 0.251 e. The number of rotatable bonds is 5. The predicted octanol–water partition coefficient (Wildman–Crippen LogP) is 3.45. The number of carbonyl (C=O) groups is 1. The van der Waals surface area contributed by atoms with Crippen molar-refractivity contribution < 1.29 is 4.79 Å². The topological polar surface area (TPSA) is 50.2 Å². The number of carbonyl (C=O) groups excluding carboxylic acids is 1. The summed E-state index contributed by atoms with van der Waals surface area (Å²) < 4.78 is 1.87. The molecule has 1 saturated heterocycles. The van der Waals surface area contributed by atoms with Crippen molar-refractivity contribution in [1.29, 1.82) is 0 Å². The predicted molar refractivity (Wildman–Crippen MR) is 109 cm³/mol. The van der Waals surface area contributed by atoms with E-state index in [0.29, 0.717) is 11.6 Å². The second-order valence-electron chi connectivity index (χ2n) is 7.44. The second kappa shape index (κ2) is 7.53. The molecule has 2 heterocycles. The van der Waals surface area contributed by atoms with Gasteiger partial charge in [-0.25, -0.2) is 0 Å². The quantitative estimate of drug-likeness (QED) is 0.756. The normalized spacial score (nSPS) is 17.5. The van der Waals surface area contributed by atoms with Crippen LogP contribution in [0, 0.1) is 0 Å². The molecule has 0 spiro atoms. The van der Waals surface area contributed by atoms with Crippen molar-refractivity contribution in [3.63, 3.8) is 0 Å². The molecule has 1 aromatic heterocycles. The third kappa shape index (κ3) is 3.74. The summed E-state index contributed by atoms with van der Waals surface area (Å²) in [5.74, 6) is 0.00455. The average molecular weight is 362 g/mol. The zero-order chi connectivity index (χ0) is 18.8. The number of aromatic nitrogens is 2. The minimum absolute atomic E-state index is 0.00455. The van der Waals surface area contributed by atoms with Gasteiger partial charge in [-0.3, -0.25) is 9.48 Å². The minimum Gasteiger partial charge on any atom is -0.352 e. The molecule has 1 aliphatic heterocycles. The Balaban J connectivity index is 1.39. The molecule has 1 amide bonds. The summed E-state index contributed by atoms with van der Waals surface area (Å²) in [5.41, 5.74) is 4.06. The first-order valence-electron chi connectivity index (χ1n) is 9.62. The number of benzene rings is 2. The number of amides is 1. The van der Waals surface area contributed by atoms with Gasteiger partial charge in [0.15, 0.2) is 0 Å². The number of fused-ring (bicyclic) bond motifs is 1. The number of nitrogens with zero attached hydrogens (tertiary/aromatic N) is 3. The van der Waals surface area contributed by atoms with E-state index in [1.54, 1.807) is 0 Å². The van der Waals surface area contributed by atoms with Crippen molar-refractivity contribution in [2.45, 2.75) is 25.3 Å². The highest BCUT2D eigenvalue weighted by Crippen LogP contribution is 2.24. The van der Waals surface area contributed by atoms with Crippen LogP contribution < -0.4 is 5.32 Å². The van der Waals surface area contributed by atoms with Crippen LogP contribution in [0.25, 0.3) is 22.0 Å². The van der Waals surface area contributed by atoms with Crippen LogP contribution in [-0.2, 0) is 7.05 Å². The molecule has 1 atom stereocenters. The molecular weight excluding hydrogens is 336 g/mol. The van der Waals surface area contributed by atoms with Crippen LogP contribution >= 0.6 is 0 Å². The number of aryl methyl sites for hydroxylation is 1. The number of nitrogens with one attached hydrogen (secondary N) is 1. The maximum atomic E-state index is 12.4. The zero-order valence-electron chi connectivity index (χ0n) is 16.0. The fraction of sp³-hybridized carbons (Fsp3) is 0.364. The Kier molecular flexibility index (Phi) is 4.94. The number of likely N-dealkylation sites (tertiary alicyclic amines) is 1. The SMILES string of the molecule is CN1CCCC1CCNC(=O)c1ccc(-c2ccc3c(cnn3C)c2)cc1. The molecule has 1 fully saturated rings. The summed E-state index contributed by atoms with van der Waals surface area (Å²) in [7, 11) is 4.11. The number of hydrogen-bond donors (Lipinski definition) is 1. The van der Waals surface area contributed by atoms with Crippen LogP contribution in [0.1, 0.15) is 29.6 Å². The standard InChI is InChI=1S/C22H26N4O/c1-25-13-3-4-20(25)11-12-23-22(27)17-7-5-16(6-8-17)18-9-10-21-19(14-18)15-24-26(21)2/h5-10,14-15,20H,3-4,11-13H2,1-2H3,(H,23,27). The lowest BCUT2D eigenvalue weighted by Crippen LogP contribution is -2.31. The molecule has 5 nitrogen and oxygen atoms in total. The molecule has 0 aliphatic carbocycles. The zero-order valence-corrected chi connectivity index (χ0v) is 16.0. The molecule has 140 valence electrons. The summed E-state index contributed by atoms with van der Waals surface area (Å²) >= 11 is 0. The number of hydrogen-bond acceptors (Lipinski definition) is 3. The van der Waals surface area contributed by atoms with E-state index in [2.05, 4.69) is 40.6 Å². The fourth-order valence-corrected chi connectivity index (χ4v) is 3.96. The summed E-state index contributed by atoms with van der Waals surface area (Å²) in [6.45, 7) is 1.90. The highest BCUT2D eigenvalue weighted by Gasteiger charge is 2.20. The van der Waals surface area contributed by atoms with Gasteiger partial charge in [0.25, 0.3) is 5.91 Å². The lowest BCUT2D eigenvalue weighted by molar-refractivity contribution is 0.0950. The molecule has 5 heteroatoms. The fourth-order valence-electron chi connectivity index (χ4n) is 3.96. The van der Waals surface area contributed by atoms with E-state index in [0.717, 1.165) is 35.0 Å². The molecule has 4 rings (SSSR count). The minimum atomic E-state index is 0.00455. The summed E-state index contributed by atoms with van der Waals surface area (Å²) in [5, 5.41) is 8.47. The van der Waals surface area contributed by atoms with Gasteiger partial charge in [0.2, 0.25) is 0 Å². The van der Waals surface area contributed by atoms with Crippen LogP contribution in [0.15, 0.2) is 48.7 Å². The van der Waals surface area contributed by atoms with Gasteiger partial charge >= 0.3 is 0 Å². The van der Waals surface area contributed by atoms with E-state index in [1.807, 2.05) is 42.2 Å². The first-order valence-corrected chi connectivity index (χ1v) is 9.62. The molecule has 0 bridgehead atoms. The Hall–Kier alpha value is -2.66. The van der Waals surface area contributed by atoms with Gasteiger partial charge in [-0.05, 0) is 68.2 Å². The largest absolute Gasteiger partial charge is 0.352 e. The molecule has 3 aromatic rings. The summed E-state index contributed by atoms with van der Waals surface area (Å²) in [4.78, 5) is 14.8. The van der Waals surface area contributed by atoms with Gasteiger partial charge in [0.05, 0.1) is 11.7 Å². The van der Waals surface area contributed by atoms with Gasteiger partial charge in [0, 0.05) is 30.6 Å². The first kappa shape index (κ1) is 17.7. The highest BCUT2D eigenvalue weighted by atomic mass is 16.1. The van der Waals surface area contributed by atoms with Crippen molar-refractivity contribution in [3.05, 3.63) is 54.2 Å². The van der Waals surface area contributed by atoms with Crippen molar-refractivity contribution in [2.24, 2.45) is 7.05 Å². The van der Waals surface area contributed by atoms with Crippen molar-refractivity contribution >= 4 is 16.8 Å². The van der Waals surface area contributed by atoms with E-state index in [1.165, 1.54) is 19.4 Å². The van der Waals surface area contributed by atoms with E-state index in [-0.39, 0.29) is 5.91 Å². The van der Waals surface area contributed by atoms with Crippen molar-refractivity contribution in [2.75, 3.05) is 20.1 Å². The van der Waals surface area contributed by atoms with Crippen LogP contribution in [0.5, 0.6) is 0 Å². The van der Waals surface area contributed by atoms with E-state index in [4.69, 9.17) is 0 Å². The average Bonchev–Trinajstić information content (AvgIpc) is 3.27. The van der Waals surface area contributed by atoms with E-state index >= 15 is 0 Å². The van der Waals surface area contributed by atoms with Crippen LogP contribution in [0.3, 0.4) is 0 Å². The Labute approximate surface area is 160 Å². The van der Waals surface area contributed by atoms with E-state index < -0.39 is 0 Å². The van der Waals surface area contributed by atoms with Gasteiger partial charge in [-0.15, -0.1) is 0 Å². The highest BCUT2D eigenvalue weighted by molar-refractivity contribution is 5.94. The van der Waals surface area contributed by atoms with Crippen molar-refractivity contribution in [3.8, 4) is 11.1 Å². The lowest BCUT2D eigenvalue weighted by atomic mass is 10.0. The van der Waals surface area contributed by atoms with Gasteiger partial charge in [-0.1, -0.05) is 18.2 Å². The Morgan fingerprint density at radius 2 is 1.93 bits per heavy atom. The maximum Gasteiger partial charge on any atom is 0.251 e. The van der Waals surface area contributed by atoms with Crippen LogP contribution in [0.2, 0.25) is 0 Å². The molecule has 0 saturated carbocycles. The molecular formula is C22H26N4O. The Morgan fingerprint density at radius 3 is 2.67 bits per heavy atom. The molecule has 1 unspecified atom stereocenters. The van der Waals surface area contributed by atoms with Crippen LogP contribution in [-0.4, -0.2) is 46.8 Å². The monoisotopic (exact) mass is 362 g/mol. The van der Waals surface area contributed by atoms with Crippen molar-refractivity contribution in [1.82, 2.24) is 20.0 Å². The maximum absolute atomic E-state index is 12.4. The lowest BCUT2D eigenvalue weighted by Gasteiger charge is -2.19. The second-order valence-corrected chi connectivity index (χ2v) is 7.44. The Morgan fingerprint density at radius 1 is 1.15 bits per heavy atom. The molecule has 27 heavy (non-hydrogen) atoms. The molecule has 0 radical (unpaired) electrons. The summed E-state index contributed by atoms with van der Waals surface area (Å²) in [6.07, 6.45) is 5.40. The van der Waals surface area contributed by atoms with Gasteiger partial charge in [0.1, 0.15) is 0 Å². The third-order valence-corrected chi connectivity index (χ3v) is 5.66. The molecule has 1 N–H and O–H groups in total. The van der Waals surface area contributed by atoms with Gasteiger partial charge < -0.3 is 10.2 Å².